The van der Waals surface area contributed by atoms with Crippen molar-refractivity contribution in [1.29, 1.82) is 0 Å². The lowest BCUT2D eigenvalue weighted by atomic mass is 9.95. The van der Waals surface area contributed by atoms with E-state index >= 15 is 0 Å². The molecule has 186 valence electrons. The van der Waals surface area contributed by atoms with Crippen molar-refractivity contribution in [3.8, 4) is 0 Å². The Morgan fingerprint density at radius 3 is 2.06 bits per heavy atom. The Morgan fingerprint density at radius 2 is 1.61 bits per heavy atom. The Kier molecular flexibility index (Phi) is 9.52. The molecule has 0 saturated carbocycles. The fourth-order valence-corrected chi connectivity index (χ4v) is 3.39. The fraction of sp³-hybridized carbons (Fsp3) is 0.654. The number of aryl methyl sites for hydroxylation is 2. The monoisotopic (exact) mass is 461 g/mol. The summed E-state index contributed by atoms with van der Waals surface area (Å²) >= 11 is 0. The highest BCUT2D eigenvalue weighted by Gasteiger charge is 2.37. The van der Waals surface area contributed by atoms with Crippen LogP contribution in [0.3, 0.4) is 0 Å². The summed E-state index contributed by atoms with van der Waals surface area (Å²) in [6.07, 6.45) is 0.0131. The summed E-state index contributed by atoms with van der Waals surface area (Å²) in [7, 11) is 1.61. The third-order valence-corrected chi connectivity index (χ3v) is 5.48. The Morgan fingerprint density at radius 1 is 1.03 bits per heavy atom. The summed E-state index contributed by atoms with van der Waals surface area (Å²) in [5, 5.41) is 5.73. The zero-order valence-electron chi connectivity index (χ0n) is 22.3. The summed E-state index contributed by atoms with van der Waals surface area (Å²) in [4.78, 5) is 40.9. The highest BCUT2D eigenvalue weighted by Crippen LogP contribution is 2.25. The lowest BCUT2D eigenvalue weighted by molar-refractivity contribution is -0.142. The van der Waals surface area contributed by atoms with Gasteiger partial charge in [-0.15, -0.1) is 0 Å². The first-order valence-corrected chi connectivity index (χ1v) is 11.6. The second-order valence-corrected chi connectivity index (χ2v) is 10.9. The van der Waals surface area contributed by atoms with E-state index in [-0.39, 0.29) is 17.7 Å². The molecule has 1 aromatic rings. The van der Waals surface area contributed by atoms with Gasteiger partial charge in [-0.2, -0.15) is 0 Å². The summed E-state index contributed by atoms with van der Waals surface area (Å²) in [6, 6.07) is 4.09. The van der Waals surface area contributed by atoms with Crippen LogP contribution in [0.2, 0.25) is 0 Å². The molecule has 3 amide bonds. The molecule has 0 spiro atoms. The minimum Gasteiger partial charge on any atom is -0.444 e. The van der Waals surface area contributed by atoms with Gasteiger partial charge in [-0.1, -0.05) is 38.5 Å². The summed E-state index contributed by atoms with van der Waals surface area (Å²) in [5.41, 5.74) is 1.70. The highest BCUT2D eigenvalue weighted by atomic mass is 16.6. The molecule has 0 saturated heterocycles. The van der Waals surface area contributed by atoms with E-state index in [2.05, 4.69) is 10.6 Å². The minimum absolute atomic E-state index is 0.154. The molecule has 0 radical (unpaired) electrons. The molecule has 33 heavy (non-hydrogen) atoms. The second kappa shape index (κ2) is 11.0. The molecular weight excluding hydrogens is 418 g/mol. The standard InChI is InChI=1S/C26H43N3O4/c1-12-16(2)20(27-24(32)33-26(8,9)10)23(31)29(11)21(22(30)28-25(5,6)7)19-14-13-17(3)18(4)15-19/h13-16,20-21H,12H2,1-11H3,(H,27,32)(H,28,30). The van der Waals surface area contributed by atoms with Gasteiger partial charge in [0.25, 0.3) is 0 Å². The summed E-state index contributed by atoms with van der Waals surface area (Å²) in [5.74, 6) is -0.775. The van der Waals surface area contributed by atoms with E-state index < -0.39 is 29.3 Å². The van der Waals surface area contributed by atoms with E-state index in [4.69, 9.17) is 4.74 Å². The van der Waals surface area contributed by atoms with Crippen molar-refractivity contribution in [1.82, 2.24) is 15.5 Å². The first-order valence-electron chi connectivity index (χ1n) is 11.6. The van der Waals surface area contributed by atoms with Gasteiger partial charge in [0.05, 0.1) is 0 Å². The van der Waals surface area contributed by atoms with E-state index in [0.29, 0.717) is 6.42 Å². The zero-order valence-corrected chi connectivity index (χ0v) is 22.3. The minimum atomic E-state index is -0.844. The van der Waals surface area contributed by atoms with Crippen LogP contribution < -0.4 is 10.6 Å². The van der Waals surface area contributed by atoms with Crippen molar-refractivity contribution in [2.75, 3.05) is 7.05 Å². The van der Waals surface area contributed by atoms with Gasteiger partial charge in [-0.25, -0.2) is 4.79 Å². The number of nitrogens with one attached hydrogen (secondary N) is 2. The molecule has 7 nitrogen and oxygen atoms in total. The molecule has 0 aliphatic rings. The molecule has 1 rings (SSSR count). The molecule has 0 heterocycles. The number of carbonyl (C=O) groups is 3. The van der Waals surface area contributed by atoms with Crippen LogP contribution in [0.4, 0.5) is 4.79 Å². The molecule has 0 aliphatic carbocycles. The van der Waals surface area contributed by atoms with Crippen molar-refractivity contribution < 1.29 is 19.1 Å². The third kappa shape index (κ3) is 8.71. The van der Waals surface area contributed by atoms with E-state index in [1.54, 1.807) is 27.8 Å². The Bertz CT molecular complexity index is 852. The molecule has 1 aromatic carbocycles. The zero-order chi connectivity index (χ0) is 25.7. The smallest absolute Gasteiger partial charge is 0.408 e. The number of amides is 3. The van der Waals surface area contributed by atoms with Crippen LogP contribution in [0.15, 0.2) is 18.2 Å². The number of hydrogen-bond acceptors (Lipinski definition) is 4. The van der Waals surface area contributed by atoms with Gasteiger partial charge in [-0.3, -0.25) is 9.59 Å². The largest absolute Gasteiger partial charge is 0.444 e. The number of ether oxygens (including phenoxy) is 1. The third-order valence-electron chi connectivity index (χ3n) is 5.48. The van der Waals surface area contributed by atoms with Crippen molar-refractivity contribution in [3.05, 3.63) is 34.9 Å². The molecule has 0 aliphatic heterocycles. The van der Waals surface area contributed by atoms with Crippen LogP contribution in [-0.2, 0) is 14.3 Å². The molecule has 2 N–H and O–H groups in total. The average molecular weight is 462 g/mol. The van der Waals surface area contributed by atoms with E-state index in [1.165, 1.54) is 4.90 Å². The lowest BCUT2D eigenvalue weighted by Gasteiger charge is -2.35. The van der Waals surface area contributed by atoms with Crippen LogP contribution in [0, 0.1) is 19.8 Å². The van der Waals surface area contributed by atoms with Crippen LogP contribution in [-0.4, -0.2) is 47.0 Å². The molecule has 3 unspecified atom stereocenters. The summed E-state index contributed by atoms with van der Waals surface area (Å²) in [6.45, 7) is 18.8. The molecule has 0 fully saturated rings. The maximum absolute atomic E-state index is 13.7. The fourth-order valence-electron chi connectivity index (χ4n) is 3.39. The van der Waals surface area contributed by atoms with Gasteiger partial charge >= 0.3 is 6.09 Å². The average Bonchev–Trinajstić information content (AvgIpc) is 2.65. The number of carbonyl (C=O) groups excluding carboxylic acids is 3. The van der Waals surface area contributed by atoms with Gasteiger partial charge in [0, 0.05) is 12.6 Å². The van der Waals surface area contributed by atoms with Gasteiger partial charge in [0.1, 0.15) is 17.7 Å². The van der Waals surface area contributed by atoms with Gasteiger partial charge < -0.3 is 20.3 Å². The van der Waals surface area contributed by atoms with Crippen LogP contribution in [0.5, 0.6) is 0 Å². The van der Waals surface area contributed by atoms with Gasteiger partial charge in [-0.05, 0) is 78.0 Å². The molecule has 7 heteroatoms. The van der Waals surface area contributed by atoms with Crippen molar-refractivity contribution in [3.63, 3.8) is 0 Å². The van der Waals surface area contributed by atoms with Crippen molar-refractivity contribution >= 4 is 17.9 Å². The maximum atomic E-state index is 13.7. The van der Waals surface area contributed by atoms with Crippen molar-refractivity contribution in [2.45, 2.75) is 98.9 Å². The SMILES string of the molecule is CCC(C)C(NC(=O)OC(C)(C)C)C(=O)N(C)C(C(=O)NC(C)(C)C)c1ccc(C)c(C)c1. The molecule has 3 atom stereocenters. The Hall–Kier alpha value is -2.57. The topological polar surface area (TPSA) is 87.7 Å². The quantitative estimate of drug-likeness (QED) is 0.618. The number of alkyl carbamates (subject to hydrolysis) is 1. The normalized spacial score (nSPS) is 14.6. The number of benzene rings is 1. The maximum Gasteiger partial charge on any atom is 0.408 e. The number of likely N-dealkylation sites (N-methyl/N-ethyl adjacent to an activating group) is 1. The second-order valence-electron chi connectivity index (χ2n) is 10.9. The first kappa shape index (κ1) is 28.5. The van der Waals surface area contributed by atoms with Crippen LogP contribution in [0.25, 0.3) is 0 Å². The van der Waals surface area contributed by atoms with Gasteiger partial charge in [0.15, 0.2) is 0 Å². The van der Waals surface area contributed by atoms with Gasteiger partial charge in [0.2, 0.25) is 11.8 Å². The molecule has 0 bridgehead atoms. The Labute approximate surface area is 199 Å². The first-order chi connectivity index (χ1) is 15.0. The van der Waals surface area contributed by atoms with E-state index in [0.717, 1.165) is 16.7 Å². The predicted molar refractivity (Wildman–Crippen MR) is 132 cm³/mol. The Balaban J connectivity index is 3.36. The lowest BCUT2D eigenvalue weighted by Crippen LogP contribution is -2.55. The highest BCUT2D eigenvalue weighted by molar-refractivity contribution is 5.92. The number of nitrogens with zero attached hydrogens (tertiary/aromatic N) is 1. The number of rotatable bonds is 7. The van der Waals surface area contributed by atoms with Crippen molar-refractivity contribution in [2.24, 2.45) is 5.92 Å². The van der Waals surface area contributed by atoms with E-state index in [1.807, 2.05) is 66.7 Å². The predicted octanol–water partition coefficient (Wildman–Crippen LogP) is 4.66. The molecular formula is C26H43N3O4. The van der Waals surface area contributed by atoms with Crippen LogP contribution in [0.1, 0.15) is 84.5 Å². The van der Waals surface area contributed by atoms with Crippen LogP contribution >= 0.6 is 0 Å². The summed E-state index contributed by atoms with van der Waals surface area (Å²) < 4.78 is 5.38. The molecule has 0 aromatic heterocycles. The number of hydrogen-bond donors (Lipinski definition) is 2. The van der Waals surface area contributed by atoms with E-state index in [9.17, 15) is 14.4 Å².